The van der Waals surface area contributed by atoms with Gasteiger partial charge < -0.3 is 5.73 Å². The minimum atomic E-state index is 0.187. The van der Waals surface area contributed by atoms with Crippen molar-refractivity contribution in [2.75, 3.05) is 5.73 Å². The van der Waals surface area contributed by atoms with Crippen molar-refractivity contribution in [1.29, 1.82) is 0 Å². The lowest BCUT2D eigenvalue weighted by atomic mass is 9.68. The van der Waals surface area contributed by atoms with Crippen molar-refractivity contribution in [2.24, 2.45) is 0 Å². The second kappa shape index (κ2) is 8.06. The highest BCUT2D eigenvalue weighted by atomic mass is 14.5. The number of nitrogen functional groups attached to an aromatic ring is 1. The lowest BCUT2D eigenvalue weighted by molar-refractivity contribution is 0.563. The minimum Gasteiger partial charge on any atom is -0.399 e. The average Bonchev–Trinajstić information content (AvgIpc) is 2.82. The standard InChI is InChI=1S/C18H17N.C14H18/c19-14-7-10-16-13(11-14)6-9-17-15-4-2-1-3-12(15)5-8-18(16)17;1-13(2)9-10-14(3,4)12-8-6-5-7-11(12)13/h2,4,6-7,9-11H,1,3,5,8,19H2;5-10H,1-4H3. The Kier molecular flexibility index (Phi) is 5.32. The fourth-order valence-corrected chi connectivity index (χ4v) is 5.66. The summed E-state index contributed by atoms with van der Waals surface area (Å²) >= 11 is 0. The molecule has 2 N–H and O–H groups in total. The molecule has 168 valence electrons. The summed E-state index contributed by atoms with van der Waals surface area (Å²) in [6, 6.07) is 19.5. The molecule has 0 fully saturated rings. The first-order valence-corrected chi connectivity index (χ1v) is 12.3. The molecule has 3 aromatic rings. The van der Waals surface area contributed by atoms with Gasteiger partial charge in [0.2, 0.25) is 0 Å². The molecule has 0 amide bonds. The van der Waals surface area contributed by atoms with E-state index in [2.05, 4.69) is 101 Å². The molecule has 3 aromatic carbocycles. The highest BCUT2D eigenvalue weighted by Gasteiger charge is 2.31. The second-order valence-corrected chi connectivity index (χ2v) is 10.9. The maximum atomic E-state index is 5.89. The molecule has 0 bridgehead atoms. The van der Waals surface area contributed by atoms with E-state index in [9.17, 15) is 0 Å². The summed E-state index contributed by atoms with van der Waals surface area (Å²) in [6.45, 7) is 9.10. The molecule has 0 aliphatic heterocycles. The highest BCUT2D eigenvalue weighted by molar-refractivity contribution is 5.95. The Balaban J connectivity index is 0.000000146. The van der Waals surface area contributed by atoms with Crippen LogP contribution in [0.15, 0.2) is 84.5 Å². The maximum Gasteiger partial charge on any atom is 0.0320 e. The van der Waals surface area contributed by atoms with Gasteiger partial charge in [-0.1, -0.05) is 100 Å². The summed E-state index contributed by atoms with van der Waals surface area (Å²) in [5, 5.41) is 2.64. The number of aryl methyl sites for hydroxylation is 1. The molecule has 0 atom stereocenters. The van der Waals surface area contributed by atoms with Gasteiger partial charge in [0, 0.05) is 16.5 Å². The first-order valence-electron chi connectivity index (χ1n) is 12.3. The quantitative estimate of drug-likeness (QED) is 0.280. The van der Waals surface area contributed by atoms with Crippen molar-refractivity contribution in [3.05, 3.63) is 107 Å². The lowest BCUT2D eigenvalue weighted by Crippen LogP contribution is -2.28. The SMILES string of the molecule is CC1(C)C=CC(C)(C)c2ccccc21.Nc1ccc2c3c(ccc2c1)C1=C(CCC=C1)CC3. The zero-order valence-corrected chi connectivity index (χ0v) is 20.4. The van der Waals surface area contributed by atoms with Crippen molar-refractivity contribution >= 4 is 22.0 Å². The fourth-order valence-electron chi connectivity index (χ4n) is 5.66. The summed E-state index contributed by atoms with van der Waals surface area (Å²) < 4.78 is 0. The molecule has 6 rings (SSSR count). The number of anilines is 1. The van der Waals surface area contributed by atoms with E-state index >= 15 is 0 Å². The van der Waals surface area contributed by atoms with Crippen molar-refractivity contribution in [1.82, 2.24) is 0 Å². The van der Waals surface area contributed by atoms with E-state index in [1.165, 1.54) is 64.3 Å². The van der Waals surface area contributed by atoms with Crippen LogP contribution in [0.2, 0.25) is 0 Å². The van der Waals surface area contributed by atoms with E-state index in [0.717, 1.165) is 5.69 Å². The summed E-state index contributed by atoms with van der Waals surface area (Å²) in [7, 11) is 0. The summed E-state index contributed by atoms with van der Waals surface area (Å²) in [5.74, 6) is 0. The second-order valence-electron chi connectivity index (χ2n) is 10.9. The van der Waals surface area contributed by atoms with Crippen LogP contribution in [0, 0.1) is 0 Å². The Morgan fingerprint density at radius 2 is 1.45 bits per heavy atom. The Hall–Kier alpha value is -3.06. The monoisotopic (exact) mass is 433 g/mol. The first-order chi connectivity index (χ1) is 15.8. The van der Waals surface area contributed by atoms with E-state index in [4.69, 9.17) is 5.73 Å². The fraction of sp³-hybridized carbons (Fsp3) is 0.312. The molecule has 3 aliphatic rings. The molecule has 1 nitrogen and oxygen atoms in total. The van der Waals surface area contributed by atoms with Gasteiger partial charge in [-0.05, 0) is 76.4 Å². The van der Waals surface area contributed by atoms with Gasteiger partial charge in [0.15, 0.2) is 0 Å². The lowest BCUT2D eigenvalue weighted by Gasteiger charge is -2.36. The van der Waals surface area contributed by atoms with E-state index in [1.807, 2.05) is 6.07 Å². The van der Waals surface area contributed by atoms with Gasteiger partial charge in [-0.2, -0.15) is 0 Å². The molecule has 3 aliphatic carbocycles. The molecule has 0 saturated heterocycles. The zero-order valence-electron chi connectivity index (χ0n) is 20.4. The van der Waals surface area contributed by atoms with E-state index in [0.29, 0.717) is 0 Å². The van der Waals surface area contributed by atoms with Gasteiger partial charge in [0.1, 0.15) is 0 Å². The van der Waals surface area contributed by atoms with Crippen LogP contribution in [0.25, 0.3) is 16.3 Å². The number of allylic oxidation sites excluding steroid dienone is 6. The van der Waals surface area contributed by atoms with Crippen molar-refractivity contribution in [3.8, 4) is 0 Å². The van der Waals surface area contributed by atoms with Crippen LogP contribution >= 0.6 is 0 Å². The molecular formula is C32H35N. The molecule has 33 heavy (non-hydrogen) atoms. The third-order valence-electron chi connectivity index (χ3n) is 7.63. The number of nitrogens with two attached hydrogens (primary N) is 1. The predicted octanol–water partition coefficient (Wildman–Crippen LogP) is 8.28. The van der Waals surface area contributed by atoms with Gasteiger partial charge in [-0.25, -0.2) is 0 Å². The van der Waals surface area contributed by atoms with E-state index < -0.39 is 0 Å². The molecule has 0 spiro atoms. The molecule has 0 saturated carbocycles. The van der Waals surface area contributed by atoms with Gasteiger partial charge in [0.05, 0.1) is 0 Å². The van der Waals surface area contributed by atoms with Crippen LogP contribution in [-0.2, 0) is 17.3 Å². The summed E-state index contributed by atoms with van der Waals surface area (Å²) in [4.78, 5) is 0. The normalized spacial score (nSPS) is 19.3. The zero-order chi connectivity index (χ0) is 23.2. The van der Waals surface area contributed by atoms with E-state index in [1.54, 1.807) is 5.57 Å². The van der Waals surface area contributed by atoms with Crippen molar-refractivity contribution in [2.45, 2.75) is 64.2 Å². The van der Waals surface area contributed by atoms with Crippen LogP contribution in [-0.4, -0.2) is 0 Å². The topological polar surface area (TPSA) is 26.0 Å². The van der Waals surface area contributed by atoms with Gasteiger partial charge in [0.25, 0.3) is 0 Å². The third-order valence-corrected chi connectivity index (χ3v) is 7.63. The maximum absolute atomic E-state index is 5.89. The van der Waals surface area contributed by atoms with Crippen molar-refractivity contribution < 1.29 is 0 Å². The number of rotatable bonds is 0. The van der Waals surface area contributed by atoms with Gasteiger partial charge >= 0.3 is 0 Å². The summed E-state index contributed by atoms with van der Waals surface area (Å²) in [5.41, 5.74) is 16.1. The third kappa shape index (κ3) is 3.95. The predicted molar refractivity (Wildman–Crippen MR) is 144 cm³/mol. The van der Waals surface area contributed by atoms with Crippen LogP contribution in [0.4, 0.5) is 5.69 Å². The first kappa shape index (κ1) is 21.8. The van der Waals surface area contributed by atoms with Crippen LogP contribution in [0.5, 0.6) is 0 Å². The largest absolute Gasteiger partial charge is 0.399 e. The number of benzene rings is 3. The number of hydrogen-bond acceptors (Lipinski definition) is 1. The highest BCUT2D eigenvalue weighted by Crippen LogP contribution is 2.41. The Morgan fingerprint density at radius 1 is 0.758 bits per heavy atom. The Morgan fingerprint density at radius 3 is 2.15 bits per heavy atom. The van der Waals surface area contributed by atoms with Crippen LogP contribution < -0.4 is 5.73 Å². The van der Waals surface area contributed by atoms with Crippen molar-refractivity contribution in [3.63, 3.8) is 0 Å². The molecular weight excluding hydrogens is 398 g/mol. The minimum absolute atomic E-state index is 0.187. The Bertz CT molecular complexity index is 1280. The van der Waals surface area contributed by atoms with E-state index in [-0.39, 0.29) is 10.8 Å². The molecule has 0 heterocycles. The number of fused-ring (bicyclic) bond motifs is 5. The van der Waals surface area contributed by atoms with Gasteiger partial charge in [-0.15, -0.1) is 0 Å². The van der Waals surface area contributed by atoms with Gasteiger partial charge in [-0.3, -0.25) is 0 Å². The van der Waals surface area contributed by atoms with Crippen LogP contribution in [0.1, 0.15) is 69.2 Å². The average molecular weight is 434 g/mol. The smallest absolute Gasteiger partial charge is 0.0320 e. The van der Waals surface area contributed by atoms with Crippen LogP contribution in [0.3, 0.4) is 0 Å². The molecule has 1 heteroatoms. The number of hydrogen-bond donors (Lipinski definition) is 1. The molecule has 0 aromatic heterocycles. The molecule has 0 unspecified atom stereocenters. The Labute approximate surface area is 198 Å². The summed E-state index contributed by atoms with van der Waals surface area (Å²) in [6.07, 6.45) is 14.1. The molecule has 0 radical (unpaired) electrons.